The van der Waals surface area contributed by atoms with Gasteiger partial charge in [-0.25, -0.2) is 0 Å². The van der Waals surface area contributed by atoms with E-state index in [1.165, 1.54) is 0 Å². The van der Waals surface area contributed by atoms with Crippen molar-refractivity contribution in [3.05, 3.63) is 53.9 Å². The smallest absolute Gasteiger partial charge is 0.144 e. The second kappa shape index (κ2) is 6.34. The predicted octanol–water partition coefficient (Wildman–Crippen LogP) is 1.92. The Bertz CT molecular complexity index is 676. The molecule has 0 fully saturated rings. The SMILES string of the molecule is CC(C)NCC(O)CO/N=C1\c2ccccc2-n2cccc21. The maximum absolute atomic E-state index is 9.86. The summed E-state index contributed by atoms with van der Waals surface area (Å²) >= 11 is 0. The number of hydrogen-bond donors (Lipinski definition) is 2. The molecule has 22 heavy (non-hydrogen) atoms. The van der Waals surface area contributed by atoms with Crippen molar-refractivity contribution >= 4 is 5.71 Å². The van der Waals surface area contributed by atoms with Crippen molar-refractivity contribution in [1.29, 1.82) is 0 Å². The Morgan fingerprint density at radius 3 is 2.86 bits per heavy atom. The highest BCUT2D eigenvalue weighted by atomic mass is 16.6. The number of nitrogens with one attached hydrogen (secondary N) is 1. The molecular weight excluding hydrogens is 278 g/mol. The number of hydrogen-bond acceptors (Lipinski definition) is 4. The second-order valence-corrected chi connectivity index (χ2v) is 5.73. The molecule has 0 amide bonds. The van der Waals surface area contributed by atoms with Crippen LogP contribution in [-0.2, 0) is 4.84 Å². The fourth-order valence-electron chi connectivity index (χ4n) is 2.52. The van der Waals surface area contributed by atoms with Crippen molar-refractivity contribution in [1.82, 2.24) is 9.88 Å². The van der Waals surface area contributed by atoms with Gasteiger partial charge in [0.15, 0.2) is 0 Å². The summed E-state index contributed by atoms with van der Waals surface area (Å²) in [5.74, 6) is 0. The van der Waals surface area contributed by atoms with E-state index in [0.717, 1.165) is 22.7 Å². The molecule has 0 radical (unpaired) electrons. The van der Waals surface area contributed by atoms with Gasteiger partial charge in [-0.3, -0.25) is 0 Å². The van der Waals surface area contributed by atoms with Crippen LogP contribution in [0.1, 0.15) is 25.1 Å². The van der Waals surface area contributed by atoms with Gasteiger partial charge in [0.1, 0.15) is 18.4 Å². The van der Waals surface area contributed by atoms with E-state index in [-0.39, 0.29) is 6.61 Å². The third-order valence-corrected chi connectivity index (χ3v) is 3.59. The Kier molecular flexibility index (Phi) is 4.27. The first-order valence-corrected chi connectivity index (χ1v) is 7.55. The number of oxime groups is 1. The van der Waals surface area contributed by atoms with Gasteiger partial charge in [-0.1, -0.05) is 37.2 Å². The van der Waals surface area contributed by atoms with Gasteiger partial charge in [-0.05, 0) is 18.2 Å². The summed E-state index contributed by atoms with van der Waals surface area (Å²) in [6, 6.07) is 12.4. The largest absolute Gasteiger partial charge is 0.392 e. The molecule has 0 spiro atoms. The molecule has 5 heteroatoms. The molecule has 3 rings (SSSR count). The van der Waals surface area contributed by atoms with Gasteiger partial charge in [-0.15, -0.1) is 0 Å². The number of aromatic nitrogens is 1. The second-order valence-electron chi connectivity index (χ2n) is 5.73. The first kappa shape index (κ1) is 14.8. The van der Waals surface area contributed by atoms with Crippen molar-refractivity contribution in [2.45, 2.75) is 26.0 Å². The molecule has 5 nitrogen and oxygen atoms in total. The molecule has 116 valence electrons. The molecule has 0 saturated carbocycles. The third-order valence-electron chi connectivity index (χ3n) is 3.59. The van der Waals surface area contributed by atoms with E-state index in [1.807, 2.05) is 50.4 Å². The van der Waals surface area contributed by atoms with Crippen molar-refractivity contribution in [2.75, 3.05) is 13.2 Å². The van der Waals surface area contributed by atoms with Gasteiger partial charge in [0, 0.05) is 24.3 Å². The van der Waals surface area contributed by atoms with Crippen LogP contribution in [0.15, 0.2) is 47.8 Å². The molecule has 0 bridgehead atoms. The number of para-hydroxylation sites is 1. The quantitative estimate of drug-likeness (QED) is 0.684. The van der Waals surface area contributed by atoms with Crippen LogP contribution >= 0.6 is 0 Å². The Morgan fingerprint density at radius 2 is 2.05 bits per heavy atom. The highest BCUT2D eigenvalue weighted by molar-refractivity contribution is 6.17. The minimum Gasteiger partial charge on any atom is -0.392 e. The lowest BCUT2D eigenvalue weighted by atomic mass is 10.1. The normalized spacial score (nSPS) is 15.9. The average Bonchev–Trinajstić information content (AvgIpc) is 3.08. The lowest BCUT2D eigenvalue weighted by molar-refractivity contribution is 0.0396. The lowest BCUT2D eigenvalue weighted by Gasteiger charge is -2.12. The number of fused-ring (bicyclic) bond motifs is 3. The van der Waals surface area contributed by atoms with Crippen LogP contribution < -0.4 is 5.32 Å². The number of benzene rings is 1. The highest BCUT2D eigenvalue weighted by Gasteiger charge is 2.24. The minimum absolute atomic E-state index is 0.173. The maximum atomic E-state index is 9.86. The van der Waals surface area contributed by atoms with Crippen LogP contribution in [0.5, 0.6) is 0 Å². The molecule has 2 N–H and O–H groups in total. The lowest BCUT2D eigenvalue weighted by Crippen LogP contribution is -2.34. The van der Waals surface area contributed by atoms with Crippen LogP contribution in [0.25, 0.3) is 5.69 Å². The zero-order valence-corrected chi connectivity index (χ0v) is 12.9. The highest BCUT2D eigenvalue weighted by Crippen LogP contribution is 2.28. The standard InChI is InChI=1S/C17H21N3O2/c1-12(2)18-10-13(21)11-22-19-17-14-6-3-4-7-15(14)20-9-5-8-16(17)20/h3-9,12-13,18,21H,10-11H2,1-2H3/b19-17+. The van der Waals surface area contributed by atoms with Crippen LogP contribution in [0.2, 0.25) is 0 Å². The molecule has 1 aromatic carbocycles. The number of aliphatic hydroxyl groups excluding tert-OH is 1. The van der Waals surface area contributed by atoms with E-state index in [2.05, 4.69) is 21.1 Å². The summed E-state index contributed by atoms with van der Waals surface area (Å²) < 4.78 is 2.09. The minimum atomic E-state index is -0.574. The molecular formula is C17H21N3O2. The van der Waals surface area contributed by atoms with Crippen molar-refractivity contribution < 1.29 is 9.94 Å². The summed E-state index contributed by atoms with van der Waals surface area (Å²) in [7, 11) is 0. The van der Waals surface area contributed by atoms with Crippen LogP contribution in [0.3, 0.4) is 0 Å². The van der Waals surface area contributed by atoms with Gasteiger partial charge in [0.2, 0.25) is 0 Å². The van der Waals surface area contributed by atoms with Crippen LogP contribution in [0.4, 0.5) is 0 Å². The third kappa shape index (κ3) is 2.91. The number of rotatable bonds is 6. The zero-order valence-electron chi connectivity index (χ0n) is 12.9. The Hall–Kier alpha value is -2.11. The molecule has 0 saturated heterocycles. The molecule has 2 heterocycles. The predicted molar refractivity (Wildman–Crippen MR) is 86.5 cm³/mol. The molecule has 1 aliphatic heterocycles. The summed E-state index contributed by atoms with van der Waals surface area (Å²) in [5, 5.41) is 17.3. The first-order valence-electron chi connectivity index (χ1n) is 7.55. The van der Waals surface area contributed by atoms with Crippen molar-refractivity contribution in [2.24, 2.45) is 5.16 Å². The summed E-state index contributed by atoms with van der Waals surface area (Å²) in [6.45, 7) is 4.75. The average molecular weight is 299 g/mol. The molecule has 1 atom stereocenters. The molecule has 2 aromatic rings. The molecule has 0 aliphatic carbocycles. The molecule has 1 aliphatic rings. The maximum Gasteiger partial charge on any atom is 0.144 e. The van der Waals surface area contributed by atoms with Gasteiger partial charge in [0.25, 0.3) is 0 Å². The topological polar surface area (TPSA) is 58.8 Å². The first-order chi connectivity index (χ1) is 10.7. The zero-order chi connectivity index (χ0) is 15.5. The van der Waals surface area contributed by atoms with E-state index in [9.17, 15) is 5.11 Å². The van der Waals surface area contributed by atoms with E-state index >= 15 is 0 Å². The van der Waals surface area contributed by atoms with E-state index in [4.69, 9.17) is 4.84 Å². The fraction of sp³-hybridized carbons (Fsp3) is 0.353. The number of aliphatic hydroxyl groups is 1. The van der Waals surface area contributed by atoms with Crippen molar-refractivity contribution in [3.63, 3.8) is 0 Å². The van der Waals surface area contributed by atoms with Crippen LogP contribution in [-0.4, -0.2) is 40.7 Å². The van der Waals surface area contributed by atoms with Gasteiger partial charge < -0.3 is 19.8 Å². The number of nitrogens with zero attached hydrogens (tertiary/aromatic N) is 2. The Morgan fingerprint density at radius 1 is 1.23 bits per heavy atom. The van der Waals surface area contributed by atoms with Gasteiger partial charge >= 0.3 is 0 Å². The van der Waals surface area contributed by atoms with Gasteiger partial charge in [-0.2, -0.15) is 0 Å². The molecule has 1 aromatic heterocycles. The van der Waals surface area contributed by atoms with E-state index in [1.54, 1.807) is 0 Å². The monoisotopic (exact) mass is 299 g/mol. The molecule has 1 unspecified atom stereocenters. The van der Waals surface area contributed by atoms with Crippen LogP contribution in [0, 0.1) is 0 Å². The summed E-state index contributed by atoms with van der Waals surface area (Å²) in [6.07, 6.45) is 1.44. The summed E-state index contributed by atoms with van der Waals surface area (Å²) in [5.41, 5.74) is 3.97. The van der Waals surface area contributed by atoms with E-state index in [0.29, 0.717) is 12.6 Å². The van der Waals surface area contributed by atoms with E-state index < -0.39 is 6.10 Å². The summed E-state index contributed by atoms with van der Waals surface area (Å²) in [4.78, 5) is 5.38. The van der Waals surface area contributed by atoms with Gasteiger partial charge in [0.05, 0.1) is 11.4 Å². The van der Waals surface area contributed by atoms with Crippen molar-refractivity contribution in [3.8, 4) is 5.69 Å². The Labute approximate surface area is 130 Å². The fourth-order valence-corrected chi connectivity index (χ4v) is 2.52. The Balaban J connectivity index is 1.70.